The van der Waals surface area contributed by atoms with Crippen molar-refractivity contribution in [2.75, 3.05) is 4.90 Å². The summed E-state index contributed by atoms with van der Waals surface area (Å²) in [4.78, 5) is 2.32. The van der Waals surface area contributed by atoms with Crippen LogP contribution in [-0.2, 0) is 5.41 Å². The SMILES string of the molecule is c1ccc(N(c2ccccc2)c2ccc(-c3ccc4c(c3)-c3cccc5c3B4c3cc(-n4c6ccccc6c6ccccc64)ccc3C53c4ccccc4-c4ccccc43)cc2)cc1. The van der Waals surface area contributed by atoms with Crippen LogP contribution in [0.3, 0.4) is 0 Å². The summed E-state index contributed by atoms with van der Waals surface area (Å²) in [5, 5.41) is 2.55. The van der Waals surface area contributed by atoms with Gasteiger partial charge in [0.2, 0.25) is 6.71 Å². The Morgan fingerprint density at radius 1 is 0.344 bits per heavy atom. The van der Waals surface area contributed by atoms with Crippen molar-refractivity contribution in [3.63, 3.8) is 0 Å². The summed E-state index contributed by atoms with van der Waals surface area (Å²) >= 11 is 0. The van der Waals surface area contributed by atoms with Gasteiger partial charge in [-0.15, -0.1) is 0 Å². The number of hydrogen-bond donors (Lipinski definition) is 0. The second-order valence-electron chi connectivity index (χ2n) is 17.5. The highest BCUT2D eigenvalue weighted by Gasteiger charge is 2.54. The summed E-state index contributed by atoms with van der Waals surface area (Å²) in [7, 11) is 0. The van der Waals surface area contributed by atoms with Crippen molar-refractivity contribution >= 4 is 62.0 Å². The number of aromatic nitrogens is 1. The minimum atomic E-state index is -0.464. The Morgan fingerprint density at radius 3 is 1.53 bits per heavy atom. The van der Waals surface area contributed by atoms with E-state index in [0.717, 1.165) is 17.1 Å². The average molecular weight is 811 g/mol. The van der Waals surface area contributed by atoms with E-state index in [1.165, 1.54) is 99.5 Å². The predicted molar refractivity (Wildman–Crippen MR) is 268 cm³/mol. The lowest BCUT2D eigenvalue weighted by molar-refractivity contribution is 0.775. The van der Waals surface area contributed by atoms with Crippen molar-refractivity contribution in [3.8, 4) is 39.1 Å². The van der Waals surface area contributed by atoms with Gasteiger partial charge in [-0.1, -0.05) is 186 Å². The number of benzene rings is 10. The smallest absolute Gasteiger partial charge is 0.243 e. The molecular formula is C61H39BN2. The minimum absolute atomic E-state index is 0.0801. The Bertz CT molecular complexity index is 3540. The van der Waals surface area contributed by atoms with Crippen molar-refractivity contribution in [2.24, 2.45) is 0 Å². The van der Waals surface area contributed by atoms with E-state index in [4.69, 9.17) is 0 Å². The van der Waals surface area contributed by atoms with Gasteiger partial charge in [0.15, 0.2) is 0 Å². The third-order valence-electron chi connectivity index (χ3n) is 14.5. The van der Waals surface area contributed by atoms with Crippen LogP contribution in [0.25, 0.3) is 60.9 Å². The van der Waals surface area contributed by atoms with Gasteiger partial charge in [0.25, 0.3) is 0 Å². The monoisotopic (exact) mass is 810 g/mol. The molecule has 2 nitrogen and oxygen atoms in total. The van der Waals surface area contributed by atoms with Crippen LogP contribution >= 0.6 is 0 Å². The first kappa shape index (κ1) is 35.5. The molecule has 64 heavy (non-hydrogen) atoms. The van der Waals surface area contributed by atoms with Crippen LogP contribution < -0.4 is 21.3 Å². The number of para-hydroxylation sites is 4. The summed E-state index contributed by atoms with van der Waals surface area (Å²) in [5.41, 5.74) is 24.0. The summed E-state index contributed by atoms with van der Waals surface area (Å²) < 4.78 is 2.48. The highest BCUT2D eigenvalue weighted by Crippen LogP contribution is 2.57. The maximum atomic E-state index is 2.54. The molecule has 296 valence electrons. The van der Waals surface area contributed by atoms with Gasteiger partial charge in [0.1, 0.15) is 0 Å². The number of hydrogen-bond acceptors (Lipinski definition) is 1. The largest absolute Gasteiger partial charge is 0.311 e. The molecule has 3 aliphatic rings. The van der Waals surface area contributed by atoms with Crippen molar-refractivity contribution in [1.82, 2.24) is 4.57 Å². The molecule has 10 aromatic carbocycles. The molecule has 1 aromatic heterocycles. The Balaban J connectivity index is 0.982. The maximum Gasteiger partial charge on any atom is 0.243 e. The molecule has 0 N–H and O–H groups in total. The highest BCUT2D eigenvalue weighted by atomic mass is 15.1. The third kappa shape index (κ3) is 4.76. The van der Waals surface area contributed by atoms with Gasteiger partial charge >= 0.3 is 0 Å². The molecule has 1 aliphatic carbocycles. The lowest BCUT2D eigenvalue weighted by atomic mass is 9.32. The van der Waals surface area contributed by atoms with Crippen molar-refractivity contribution in [2.45, 2.75) is 5.41 Å². The molecule has 0 atom stereocenters. The van der Waals surface area contributed by atoms with E-state index in [9.17, 15) is 0 Å². The van der Waals surface area contributed by atoms with Crippen LogP contribution in [0.4, 0.5) is 17.1 Å². The van der Waals surface area contributed by atoms with Crippen LogP contribution in [0.2, 0.25) is 0 Å². The molecule has 1 spiro atoms. The second kappa shape index (κ2) is 13.4. The van der Waals surface area contributed by atoms with Gasteiger partial charge in [-0.3, -0.25) is 0 Å². The molecule has 0 radical (unpaired) electrons. The molecule has 2 aliphatic heterocycles. The molecule has 11 aromatic rings. The van der Waals surface area contributed by atoms with Gasteiger partial charge in [-0.25, -0.2) is 0 Å². The van der Waals surface area contributed by atoms with Crippen LogP contribution in [0.1, 0.15) is 22.3 Å². The fourth-order valence-electron chi connectivity index (χ4n) is 12.0. The molecule has 3 heterocycles. The van der Waals surface area contributed by atoms with Gasteiger partial charge in [0.05, 0.1) is 16.4 Å². The molecule has 14 rings (SSSR count). The van der Waals surface area contributed by atoms with E-state index in [-0.39, 0.29) is 6.71 Å². The summed E-state index contributed by atoms with van der Waals surface area (Å²) in [6.07, 6.45) is 0. The van der Waals surface area contributed by atoms with E-state index < -0.39 is 5.41 Å². The van der Waals surface area contributed by atoms with Gasteiger partial charge in [-0.05, 0) is 122 Å². The molecule has 3 heteroatoms. The zero-order valence-electron chi connectivity index (χ0n) is 35.0. The van der Waals surface area contributed by atoms with Crippen LogP contribution in [0.15, 0.2) is 237 Å². The minimum Gasteiger partial charge on any atom is -0.311 e. The quantitative estimate of drug-likeness (QED) is 0.157. The number of rotatable bonds is 5. The molecule has 0 saturated heterocycles. The van der Waals surface area contributed by atoms with Crippen LogP contribution in [-0.4, -0.2) is 11.3 Å². The molecule has 0 bridgehead atoms. The Labute approximate surface area is 373 Å². The van der Waals surface area contributed by atoms with E-state index >= 15 is 0 Å². The Kier molecular flexibility index (Phi) is 7.44. The van der Waals surface area contributed by atoms with E-state index in [0.29, 0.717) is 0 Å². The normalized spacial score (nSPS) is 13.4. The first-order valence-electron chi connectivity index (χ1n) is 22.4. The molecule has 0 unspecified atom stereocenters. The zero-order chi connectivity index (χ0) is 41.9. The molecular weight excluding hydrogens is 771 g/mol. The topological polar surface area (TPSA) is 8.17 Å². The Hall–Kier alpha value is -8.14. The average Bonchev–Trinajstić information content (AvgIpc) is 3.99. The van der Waals surface area contributed by atoms with Crippen molar-refractivity contribution < 1.29 is 0 Å². The number of anilines is 3. The fraction of sp³-hybridized carbons (Fsp3) is 0.0164. The lowest BCUT2D eigenvalue weighted by Crippen LogP contribution is -2.59. The molecule has 0 saturated carbocycles. The summed E-state index contributed by atoms with van der Waals surface area (Å²) in [6, 6.07) is 88.2. The fourth-order valence-corrected chi connectivity index (χ4v) is 12.0. The maximum absolute atomic E-state index is 2.54. The highest BCUT2D eigenvalue weighted by molar-refractivity contribution is 7.00. The first-order valence-corrected chi connectivity index (χ1v) is 22.4. The molecule has 0 fully saturated rings. The van der Waals surface area contributed by atoms with Gasteiger partial charge in [0, 0.05) is 33.5 Å². The summed E-state index contributed by atoms with van der Waals surface area (Å²) in [6.45, 7) is 0.0801. The number of fused-ring (bicyclic) bond motifs is 15. The predicted octanol–water partition coefficient (Wildman–Crippen LogP) is 13.1. The van der Waals surface area contributed by atoms with E-state index in [1.807, 2.05) is 0 Å². The van der Waals surface area contributed by atoms with Gasteiger partial charge in [-0.2, -0.15) is 0 Å². The first-order chi connectivity index (χ1) is 31.8. The molecule has 0 amide bonds. The third-order valence-corrected chi connectivity index (χ3v) is 14.5. The van der Waals surface area contributed by atoms with Crippen molar-refractivity contribution in [3.05, 3.63) is 259 Å². The van der Waals surface area contributed by atoms with Crippen molar-refractivity contribution in [1.29, 1.82) is 0 Å². The summed E-state index contributed by atoms with van der Waals surface area (Å²) in [5.74, 6) is 0. The second-order valence-corrected chi connectivity index (χ2v) is 17.5. The number of nitrogens with zero attached hydrogens (tertiary/aromatic N) is 2. The zero-order valence-corrected chi connectivity index (χ0v) is 35.0. The standard InChI is InChI=1S/C61H39BN2/c1-3-16-42(17-4-1)63(43-18-5-2-6-19-43)44-33-30-40(31-34-44)41-32-37-56-51(38-41)50-24-15-27-55-60(50)62(56)57-39-45(64-58-28-13-9-22-48(58)49-23-10-14-29-59(49)64)35-36-54(57)61(55)52-25-11-7-20-46(52)47-21-8-12-26-53(47)61/h1-39H. The van der Waals surface area contributed by atoms with E-state index in [2.05, 4.69) is 246 Å². The Morgan fingerprint density at radius 2 is 0.875 bits per heavy atom. The van der Waals surface area contributed by atoms with E-state index in [1.54, 1.807) is 0 Å². The van der Waals surface area contributed by atoms with Crippen LogP contribution in [0, 0.1) is 0 Å². The van der Waals surface area contributed by atoms with Crippen LogP contribution in [0.5, 0.6) is 0 Å². The lowest BCUT2D eigenvalue weighted by Gasteiger charge is -2.42. The van der Waals surface area contributed by atoms with Gasteiger partial charge < -0.3 is 9.47 Å².